The zero-order valence-corrected chi connectivity index (χ0v) is 17.4. The minimum absolute atomic E-state index is 0.192. The molecule has 0 saturated carbocycles. The number of benzene rings is 2. The Labute approximate surface area is 175 Å². The minimum atomic E-state index is -0.308. The molecular weight excluding hydrogens is 379 g/mol. The van der Waals surface area contributed by atoms with Crippen molar-refractivity contribution in [1.82, 2.24) is 9.55 Å². The summed E-state index contributed by atoms with van der Waals surface area (Å²) in [5.74, 6) is -0.00609. The fourth-order valence-electron chi connectivity index (χ4n) is 3.03. The van der Waals surface area contributed by atoms with Crippen molar-refractivity contribution in [3.8, 4) is 0 Å². The molecule has 0 radical (unpaired) electrons. The van der Waals surface area contributed by atoms with Crippen LogP contribution in [0.5, 0.6) is 0 Å². The van der Waals surface area contributed by atoms with Crippen LogP contribution in [0.3, 0.4) is 0 Å². The third kappa shape index (κ3) is 5.29. The number of anilines is 1. The summed E-state index contributed by atoms with van der Waals surface area (Å²) in [6, 6.07) is 15.6. The summed E-state index contributed by atoms with van der Waals surface area (Å²) in [6.45, 7) is 8.17. The summed E-state index contributed by atoms with van der Waals surface area (Å²) in [6.07, 6.45) is 0.777. The van der Waals surface area contributed by atoms with Crippen LogP contribution in [-0.4, -0.2) is 15.3 Å². The molecule has 0 aliphatic rings. The highest BCUT2D eigenvalue weighted by molar-refractivity contribution is 5.99. The van der Waals surface area contributed by atoms with E-state index in [1.807, 2.05) is 25.1 Å². The van der Waals surface area contributed by atoms with Gasteiger partial charge in [0.1, 0.15) is 5.82 Å². The van der Waals surface area contributed by atoms with E-state index in [-0.39, 0.29) is 11.4 Å². The fourth-order valence-corrected chi connectivity index (χ4v) is 3.03. The second kappa shape index (κ2) is 9.31. The first-order valence-corrected chi connectivity index (χ1v) is 9.68. The van der Waals surface area contributed by atoms with E-state index in [1.165, 1.54) is 22.8 Å². The Kier molecular flexibility index (Phi) is 6.57. The molecule has 1 heterocycles. The first-order chi connectivity index (χ1) is 14.3. The predicted molar refractivity (Wildman–Crippen MR) is 120 cm³/mol. The standard InChI is InChI=1S/C24H25FN4O/c1-16(2)13-19-7-5-6-8-22(19)26-15-21-14-23(30)29(4)24(28-21)27-17(3)18-9-11-20(25)12-10-18/h5-12,14,26H,1,13,15H2,2-4H3. The van der Waals surface area contributed by atoms with Gasteiger partial charge in [0.25, 0.3) is 5.56 Å². The number of aromatic nitrogens is 2. The van der Waals surface area contributed by atoms with Gasteiger partial charge in [0.15, 0.2) is 0 Å². The Hall–Kier alpha value is -3.54. The Bertz CT molecular complexity index is 1150. The van der Waals surface area contributed by atoms with Crippen LogP contribution in [0.2, 0.25) is 0 Å². The average molecular weight is 404 g/mol. The van der Waals surface area contributed by atoms with Gasteiger partial charge in [-0.05, 0) is 49.6 Å². The molecule has 0 bridgehead atoms. The van der Waals surface area contributed by atoms with Crippen molar-refractivity contribution in [2.45, 2.75) is 26.8 Å². The molecule has 0 aliphatic carbocycles. The number of allylic oxidation sites excluding steroid dienone is 1. The third-order valence-corrected chi connectivity index (χ3v) is 4.66. The van der Waals surface area contributed by atoms with E-state index in [0.29, 0.717) is 23.9 Å². The Balaban J connectivity index is 1.85. The van der Waals surface area contributed by atoms with E-state index in [9.17, 15) is 9.18 Å². The van der Waals surface area contributed by atoms with Crippen molar-refractivity contribution in [2.75, 3.05) is 5.32 Å². The zero-order chi connectivity index (χ0) is 21.7. The molecule has 30 heavy (non-hydrogen) atoms. The maximum absolute atomic E-state index is 13.2. The molecule has 0 unspecified atom stereocenters. The average Bonchev–Trinajstić information content (AvgIpc) is 2.71. The van der Waals surface area contributed by atoms with Crippen LogP contribution in [0.1, 0.15) is 30.7 Å². The van der Waals surface area contributed by atoms with E-state index in [2.05, 4.69) is 27.9 Å². The van der Waals surface area contributed by atoms with E-state index in [1.54, 1.807) is 26.1 Å². The van der Waals surface area contributed by atoms with Crippen molar-refractivity contribution < 1.29 is 4.39 Å². The number of aliphatic imine (C=N–C) groups is 1. The van der Waals surface area contributed by atoms with Crippen LogP contribution in [0.15, 0.2) is 76.5 Å². The molecule has 5 nitrogen and oxygen atoms in total. The number of rotatable bonds is 7. The van der Waals surface area contributed by atoms with Gasteiger partial charge in [-0.2, -0.15) is 0 Å². The van der Waals surface area contributed by atoms with Gasteiger partial charge in [0.2, 0.25) is 5.95 Å². The quantitative estimate of drug-likeness (QED) is 0.455. The number of para-hydroxylation sites is 1. The van der Waals surface area contributed by atoms with Crippen LogP contribution in [0, 0.1) is 5.82 Å². The van der Waals surface area contributed by atoms with Crippen molar-refractivity contribution in [3.63, 3.8) is 0 Å². The molecule has 0 fully saturated rings. The molecule has 0 spiro atoms. The number of hydrogen-bond acceptors (Lipinski definition) is 4. The SMILES string of the molecule is C=C(C)Cc1ccccc1NCc1cc(=O)n(C)c(N=C(C)c2ccc(F)cc2)n1. The smallest absolute Gasteiger partial charge is 0.254 e. The largest absolute Gasteiger partial charge is 0.379 e. The van der Waals surface area contributed by atoms with Gasteiger partial charge in [-0.15, -0.1) is 0 Å². The zero-order valence-electron chi connectivity index (χ0n) is 17.4. The summed E-state index contributed by atoms with van der Waals surface area (Å²) in [7, 11) is 1.63. The normalized spacial score (nSPS) is 11.4. The van der Waals surface area contributed by atoms with E-state index < -0.39 is 0 Å². The van der Waals surface area contributed by atoms with Gasteiger partial charge in [0.05, 0.1) is 12.2 Å². The van der Waals surface area contributed by atoms with E-state index >= 15 is 0 Å². The van der Waals surface area contributed by atoms with Crippen molar-refractivity contribution in [2.24, 2.45) is 12.0 Å². The van der Waals surface area contributed by atoms with Gasteiger partial charge in [-0.25, -0.2) is 14.4 Å². The van der Waals surface area contributed by atoms with Gasteiger partial charge in [-0.1, -0.05) is 42.5 Å². The fraction of sp³-hybridized carbons (Fsp3) is 0.208. The lowest BCUT2D eigenvalue weighted by Gasteiger charge is -2.13. The van der Waals surface area contributed by atoms with E-state index in [4.69, 9.17) is 0 Å². The van der Waals surface area contributed by atoms with Crippen LogP contribution >= 0.6 is 0 Å². The monoisotopic (exact) mass is 404 g/mol. The van der Waals surface area contributed by atoms with Crippen molar-refractivity contribution >= 4 is 17.3 Å². The molecule has 0 amide bonds. The molecule has 2 aromatic carbocycles. The highest BCUT2D eigenvalue weighted by Gasteiger charge is 2.08. The van der Waals surface area contributed by atoms with Gasteiger partial charge in [0, 0.05) is 24.5 Å². The second-order valence-electron chi connectivity index (χ2n) is 7.29. The van der Waals surface area contributed by atoms with Gasteiger partial charge < -0.3 is 5.32 Å². The molecule has 1 aromatic heterocycles. The Morgan fingerprint density at radius 2 is 1.87 bits per heavy atom. The summed E-state index contributed by atoms with van der Waals surface area (Å²) < 4.78 is 14.6. The number of halogens is 1. The lowest BCUT2D eigenvalue weighted by molar-refractivity contribution is 0.628. The molecule has 6 heteroatoms. The maximum atomic E-state index is 13.2. The highest BCUT2D eigenvalue weighted by atomic mass is 19.1. The molecule has 3 aromatic rings. The van der Waals surface area contributed by atoms with Crippen molar-refractivity contribution in [3.05, 3.63) is 99.7 Å². The van der Waals surface area contributed by atoms with Crippen LogP contribution in [0.25, 0.3) is 0 Å². The van der Waals surface area contributed by atoms with Gasteiger partial charge in [-0.3, -0.25) is 9.36 Å². The molecule has 154 valence electrons. The van der Waals surface area contributed by atoms with Crippen molar-refractivity contribution in [1.29, 1.82) is 0 Å². The second-order valence-corrected chi connectivity index (χ2v) is 7.29. The Morgan fingerprint density at radius 3 is 2.57 bits per heavy atom. The van der Waals surface area contributed by atoms with Crippen LogP contribution in [-0.2, 0) is 20.0 Å². The summed E-state index contributed by atoms with van der Waals surface area (Å²) >= 11 is 0. The van der Waals surface area contributed by atoms with Crippen LogP contribution in [0.4, 0.5) is 16.0 Å². The number of nitrogens with one attached hydrogen (secondary N) is 1. The highest BCUT2D eigenvalue weighted by Crippen LogP contribution is 2.19. The topological polar surface area (TPSA) is 59.3 Å². The Morgan fingerprint density at radius 1 is 1.17 bits per heavy atom. The maximum Gasteiger partial charge on any atom is 0.254 e. The molecule has 1 N–H and O–H groups in total. The summed E-state index contributed by atoms with van der Waals surface area (Å²) in [5, 5.41) is 3.36. The van der Waals surface area contributed by atoms with Gasteiger partial charge >= 0.3 is 0 Å². The molecule has 0 aliphatic heterocycles. The molecular formula is C24H25FN4O. The molecule has 3 rings (SSSR count). The number of hydrogen-bond donors (Lipinski definition) is 1. The lowest BCUT2D eigenvalue weighted by atomic mass is 10.1. The summed E-state index contributed by atoms with van der Waals surface area (Å²) in [4.78, 5) is 21.5. The molecule has 0 saturated heterocycles. The third-order valence-electron chi connectivity index (χ3n) is 4.66. The lowest BCUT2D eigenvalue weighted by Crippen LogP contribution is -2.19. The minimum Gasteiger partial charge on any atom is -0.379 e. The number of nitrogens with zero attached hydrogens (tertiary/aromatic N) is 3. The van der Waals surface area contributed by atoms with Crippen LogP contribution < -0.4 is 10.9 Å². The van der Waals surface area contributed by atoms with E-state index in [0.717, 1.165) is 28.8 Å². The summed E-state index contributed by atoms with van der Waals surface area (Å²) in [5.41, 5.74) is 5.01. The first-order valence-electron chi connectivity index (χ1n) is 9.68. The predicted octanol–water partition coefficient (Wildman–Crippen LogP) is 4.79. The first kappa shape index (κ1) is 21.2. The molecule has 0 atom stereocenters.